The van der Waals surface area contributed by atoms with Gasteiger partial charge in [0.2, 0.25) is 5.91 Å². The molecule has 4 nitrogen and oxygen atoms in total. The van der Waals surface area contributed by atoms with Gasteiger partial charge in [-0.1, -0.05) is 0 Å². The van der Waals surface area contributed by atoms with Crippen molar-refractivity contribution in [1.29, 1.82) is 0 Å². The standard InChI is InChI=1S/C8H16N2O2/c1-3-10(7-4-9-5-7)8(11)6-12-2/h7,9H,3-6H2,1-2H3. The molecule has 12 heavy (non-hydrogen) atoms. The molecule has 0 unspecified atom stereocenters. The summed E-state index contributed by atoms with van der Waals surface area (Å²) in [7, 11) is 1.55. The minimum Gasteiger partial charge on any atom is -0.375 e. The van der Waals surface area contributed by atoms with Gasteiger partial charge in [-0.15, -0.1) is 0 Å². The largest absolute Gasteiger partial charge is 0.375 e. The van der Waals surface area contributed by atoms with Gasteiger partial charge in [-0.05, 0) is 6.92 Å². The van der Waals surface area contributed by atoms with Gasteiger partial charge in [0.25, 0.3) is 0 Å². The van der Waals surface area contributed by atoms with E-state index >= 15 is 0 Å². The Morgan fingerprint density at radius 2 is 2.33 bits per heavy atom. The lowest BCUT2D eigenvalue weighted by Crippen LogP contribution is -2.59. The number of methoxy groups -OCH3 is 1. The molecule has 1 rings (SSSR count). The maximum atomic E-state index is 11.4. The topological polar surface area (TPSA) is 41.6 Å². The molecule has 0 spiro atoms. The second-order valence-corrected chi connectivity index (χ2v) is 2.92. The van der Waals surface area contributed by atoms with Crippen molar-refractivity contribution < 1.29 is 9.53 Å². The molecule has 0 aromatic carbocycles. The number of nitrogens with zero attached hydrogens (tertiary/aromatic N) is 1. The van der Waals surface area contributed by atoms with Gasteiger partial charge in [0.15, 0.2) is 0 Å². The van der Waals surface area contributed by atoms with Crippen molar-refractivity contribution >= 4 is 5.91 Å². The molecule has 0 aliphatic carbocycles. The van der Waals surface area contributed by atoms with Crippen molar-refractivity contribution in [1.82, 2.24) is 10.2 Å². The zero-order valence-corrected chi connectivity index (χ0v) is 7.67. The molecule has 0 radical (unpaired) electrons. The number of hydrogen-bond acceptors (Lipinski definition) is 3. The number of hydrogen-bond donors (Lipinski definition) is 1. The number of amides is 1. The van der Waals surface area contributed by atoms with Crippen LogP contribution in [0.15, 0.2) is 0 Å². The van der Waals surface area contributed by atoms with Crippen molar-refractivity contribution in [2.24, 2.45) is 0 Å². The Balaban J connectivity index is 2.37. The Labute approximate surface area is 72.9 Å². The molecule has 1 amide bonds. The number of carbonyl (C=O) groups is 1. The van der Waals surface area contributed by atoms with Crippen LogP contribution in [-0.4, -0.2) is 50.2 Å². The van der Waals surface area contributed by atoms with E-state index < -0.39 is 0 Å². The summed E-state index contributed by atoms with van der Waals surface area (Å²) in [6.07, 6.45) is 0. The molecule has 1 saturated heterocycles. The number of carbonyl (C=O) groups excluding carboxylic acids is 1. The van der Waals surface area contributed by atoms with Gasteiger partial charge in [0.1, 0.15) is 6.61 Å². The van der Waals surface area contributed by atoms with Crippen LogP contribution < -0.4 is 5.32 Å². The van der Waals surface area contributed by atoms with Gasteiger partial charge < -0.3 is 15.0 Å². The minimum absolute atomic E-state index is 0.0894. The smallest absolute Gasteiger partial charge is 0.248 e. The van der Waals surface area contributed by atoms with E-state index in [4.69, 9.17) is 4.74 Å². The van der Waals surface area contributed by atoms with E-state index in [-0.39, 0.29) is 12.5 Å². The number of likely N-dealkylation sites (N-methyl/N-ethyl adjacent to an activating group) is 1. The van der Waals surface area contributed by atoms with Crippen molar-refractivity contribution in [2.45, 2.75) is 13.0 Å². The molecule has 70 valence electrons. The van der Waals surface area contributed by atoms with E-state index in [1.54, 1.807) is 7.11 Å². The molecule has 0 aromatic rings. The first-order valence-corrected chi connectivity index (χ1v) is 4.28. The summed E-state index contributed by atoms with van der Waals surface area (Å²) in [5, 5.41) is 3.14. The van der Waals surface area contributed by atoms with Gasteiger partial charge >= 0.3 is 0 Å². The quantitative estimate of drug-likeness (QED) is 0.619. The summed E-state index contributed by atoms with van der Waals surface area (Å²) in [4.78, 5) is 13.2. The highest BCUT2D eigenvalue weighted by molar-refractivity contribution is 5.77. The maximum Gasteiger partial charge on any atom is 0.248 e. The van der Waals surface area contributed by atoms with Crippen LogP contribution in [-0.2, 0) is 9.53 Å². The van der Waals surface area contributed by atoms with E-state index in [0.717, 1.165) is 19.6 Å². The summed E-state index contributed by atoms with van der Waals surface area (Å²) < 4.78 is 4.79. The Hall–Kier alpha value is -0.610. The van der Waals surface area contributed by atoms with Gasteiger partial charge in [0.05, 0.1) is 6.04 Å². The van der Waals surface area contributed by atoms with E-state index in [1.165, 1.54) is 0 Å². The maximum absolute atomic E-state index is 11.4. The first kappa shape index (κ1) is 9.48. The Morgan fingerprint density at radius 1 is 1.67 bits per heavy atom. The van der Waals surface area contributed by atoms with Gasteiger partial charge in [-0.25, -0.2) is 0 Å². The Morgan fingerprint density at radius 3 is 2.67 bits per heavy atom. The van der Waals surface area contributed by atoms with Crippen LogP contribution in [0.2, 0.25) is 0 Å². The second kappa shape index (κ2) is 4.42. The van der Waals surface area contributed by atoms with Crippen LogP contribution in [0.3, 0.4) is 0 Å². The molecule has 0 atom stereocenters. The molecule has 1 N–H and O–H groups in total. The third kappa shape index (κ3) is 1.95. The molecule has 1 heterocycles. The van der Waals surface area contributed by atoms with Crippen molar-refractivity contribution in [3.63, 3.8) is 0 Å². The van der Waals surface area contributed by atoms with E-state index in [0.29, 0.717) is 6.04 Å². The molecule has 1 fully saturated rings. The average molecular weight is 172 g/mol. The number of ether oxygens (including phenoxy) is 1. The fourth-order valence-corrected chi connectivity index (χ4v) is 1.34. The predicted molar refractivity (Wildman–Crippen MR) is 45.9 cm³/mol. The van der Waals surface area contributed by atoms with Crippen molar-refractivity contribution in [2.75, 3.05) is 33.4 Å². The van der Waals surface area contributed by atoms with Crippen molar-refractivity contribution in [3.8, 4) is 0 Å². The summed E-state index contributed by atoms with van der Waals surface area (Å²) in [6, 6.07) is 0.387. The van der Waals surface area contributed by atoms with Crippen LogP contribution in [0, 0.1) is 0 Å². The van der Waals surface area contributed by atoms with Crippen LogP contribution in [0.5, 0.6) is 0 Å². The molecule has 1 aliphatic heterocycles. The molecule has 4 heteroatoms. The summed E-state index contributed by atoms with van der Waals surface area (Å²) in [5.74, 6) is 0.0894. The third-order valence-electron chi connectivity index (χ3n) is 2.13. The number of rotatable bonds is 4. The van der Waals surface area contributed by atoms with E-state index in [9.17, 15) is 4.79 Å². The van der Waals surface area contributed by atoms with Gasteiger partial charge in [-0.3, -0.25) is 4.79 Å². The highest BCUT2D eigenvalue weighted by Gasteiger charge is 2.26. The Kier molecular flexibility index (Phi) is 3.49. The lowest BCUT2D eigenvalue weighted by atomic mass is 10.1. The first-order chi connectivity index (χ1) is 5.79. The van der Waals surface area contributed by atoms with E-state index in [2.05, 4.69) is 5.32 Å². The molecular formula is C8H16N2O2. The fraction of sp³-hybridized carbons (Fsp3) is 0.875. The van der Waals surface area contributed by atoms with Gasteiger partial charge in [0, 0.05) is 26.7 Å². The monoisotopic (exact) mass is 172 g/mol. The third-order valence-corrected chi connectivity index (χ3v) is 2.13. The fourth-order valence-electron chi connectivity index (χ4n) is 1.34. The molecule has 0 aromatic heterocycles. The van der Waals surface area contributed by atoms with Crippen molar-refractivity contribution in [3.05, 3.63) is 0 Å². The lowest BCUT2D eigenvalue weighted by Gasteiger charge is -2.37. The summed E-state index contributed by atoms with van der Waals surface area (Å²) in [6.45, 7) is 4.80. The first-order valence-electron chi connectivity index (χ1n) is 4.28. The zero-order valence-electron chi connectivity index (χ0n) is 7.67. The highest BCUT2D eigenvalue weighted by atomic mass is 16.5. The minimum atomic E-state index is 0.0894. The van der Waals surface area contributed by atoms with Crippen LogP contribution in [0.4, 0.5) is 0 Å². The zero-order chi connectivity index (χ0) is 8.97. The summed E-state index contributed by atoms with van der Waals surface area (Å²) >= 11 is 0. The average Bonchev–Trinajstić information content (AvgIpc) is 1.96. The van der Waals surface area contributed by atoms with Crippen LogP contribution in [0.1, 0.15) is 6.92 Å². The summed E-state index contributed by atoms with van der Waals surface area (Å²) in [5.41, 5.74) is 0. The predicted octanol–water partition coefficient (Wildman–Crippen LogP) is -0.547. The van der Waals surface area contributed by atoms with Crippen LogP contribution in [0.25, 0.3) is 0 Å². The molecular weight excluding hydrogens is 156 g/mol. The normalized spacial score (nSPS) is 17.2. The lowest BCUT2D eigenvalue weighted by molar-refractivity contribution is -0.138. The second-order valence-electron chi connectivity index (χ2n) is 2.92. The van der Waals surface area contributed by atoms with E-state index in [1.807, 2.05) is 11.8 Å². The van der Waals surface area contributed by atoms with Crippen LogP contribution >= 0.6 is 0 Å². The SMILES string of the molecule is CCN(C(=O)COC)C1CNC1. The highest BCUT2D eigenvalue weighted by Crippen LogP contribution is 2.04. The van der Waals surface area contributed by atoms with Gasteiger partial charge in [-0.2, -0.15) is 0 Å². The number of nitrogens with one attached hydrogen (secondary N) is 1. The molecule has 0 bridgehead atoms. The Bertz CT molecular complexity index is 157. The molecule has 0 saturated carbocycles. The molecule has 1 aliphatic rings.